The minimum atomic E-state index is -3.56. The van der Waals surface area contributed by atoms with Gasteiger partial charge < -0.3 is 5.32 Å². The number of aromatic nitrogens is 2. The van der Waals surface area contributed by atoms with Crippen LogP contribution in [-0.4, -0.2) is 42.2 Å². The summed E-state index contributed by atoms with van der Waals surface area (Å²) in [6, 6.07) is 0.317. The van der Waals surface area contributed by atoms with Gasteiger partial charge in [0.15, 0.2) is 5.03 Å². The first-order valence-electron chi connectivity index (χ1n) is 7.27. The average molecular weight is 332 g/mol. The van der Waals surface area contributed by atoms with E-state index >= 15 is 0 Å². The van der Waals surface area contributed by atoms with E-state index in [4.69, 9.17) is 0 Å². The molecule has 0 atom stereocenters. The Morgan fingerprint density at radius 2 is 2.05 bits per heavy atom. The van der Waals surface area contributed by atoms with Crippen molar-refractivity contribution in [2.45, 2.75) is 57.3 Å². The van der Waals surface area contributed by atoms with E-state index in [1.54, 1.807) is 0 Å². The number of thioether (sulfide) groups is 1. The van der Waals surface area contributed by atoms with Crippen LogP contribution in [0.1, 0.15) is 37.9 Å². The maximum atomic E-state index is 12.6. The predicted molar refractivity (Wildman–Crippen MR) is 86.0 cm³/mol. The Morgan fingerprint density at radius 1 is 1.38 bits per heavy atom. The summed E-state index contributed by atoms with van der Waals surface area (Å²) in [5.41, 5.74) is 1.52. The number of rotatable bonds is 6. The molecule has 0 amide bonds. The highest BCUT2D eigenvalue weighted by Crippen LogP contribution is 2.21. The van der Waals surface area contributed by atoms with Crippen molar-refractivity contribution >= 4 is 21.8 Å². The molecule has 0 saturated carbocycles. The third kappa shape index (κ3) is 4.45. The Balaban J connectivity index is 2.15. The normalized spacial score (nSPS) is 17.5. The number of aryl methyl sites for hydroxylation is 1. The molecular formula is C13H24N4O2S2. The highest BCUT2D eigenvalue weighted by molar-refractivity contribution is 7.99. The van der Waals surface area contributed by atoms with Crippen LogP contribution in [-0.2, 0) is 16.6 Å². The SMILES string of the molecule is Cc1[nH]nc(S(=O)(=O)NC2CCSCC2)c1CNC(C)C. The van der Waals surface area contributed by atoms with Crippen molar-refractivity contribution in [1.82, 2.24) is 20.2 Å². The van der Waals surface area contributed by atoms with Gasteiger partial charge >= 0.3 is 0 Å². The number of sulfonamides is 1. The van der Waals surface area contributed by atoms with E-state index in [0.717, 1.165) is 35.6 Å². The standard InChI is InChI=1S/C13H24N4O2S2/c1-9(2)14-8-12-10(3)15-16-13(12)21(18,19)17-11-4-6-20-7-5-11/h9,11,14,17H,4-8H2,1-3H3,(H,15,16). The molecule has 2 heterocycles. The van der Waals surface area contributed by atoms with Gasteiger partial charge in [0.05, 0.1) is 0 Å². The molecule has 1 fully saturated rings. The van der Waals surface area contributed by atoms with Gasteiger partial charge in [0.25, 0.3) is 10.0 Å². The number of H-pyrrole nitrogens is 1. The molecule has 0 unspecified atom stereocenters. The predicted octanol–water partition coefficient (Wildman–Crippen LogP) is 1.39. The van der Waals surface area contributed by atoms with Gasteiger partial charge in [-0.25, -0.2) is 13.1 Å². The lowest BCUT2D eigenvalue weighted by molar-refractivity contribution is 0.523. The van der Waals surface area contributed by atoms with E-state index in [1.165, 1.54) is 0 Å². The zero-order chi connectivity index (χ0) is 15.5. The van der Waals surface area contributed by atoms with Crippen LogP contribution in [0.5, 0.6) is 0 Å². The number of hydrogen-bond acceptors (Lipinski definition) is 5. The van der Waals surface area contributed by atoms with E-state index in [1.807, 2.05) is 32.5 Å². The summed E-state index contributed by atoms with van der Waals surface area (Å²) < 4.78 is 27.9. The second kappa shape index (κ2) is 7.13. The van der Waals surface area contributed by atoms with Crippen LogP contribution in [0.15, 0.2) is 5.03 Å². The summed E-state index contributed by atoms with van der Waals surface area (Å²) >= 11 is 1.87. The molecule has 21 heavy (non-hydrogen) atoms. The van der Waals surface area contributed by atoms with Crippen LogP contribution < -0.4 is 10.0 Å². The van der Waals surface area contributed by atoms with Crippen LogP contribution in [0, 0.1) is 6.92 Å². The monoisotopic (exact) mass is 332 g/mol. The Hall–Kier alpha value is -0.570. The molecule has 0 aliphatic carbocycles. The van der Waals surface area contributed by atoms with Gasteiger partial charge in [-0.1, -0.05) is 13.8 Å². The van der Waals surface area contributed by atoms with Crippen molar-refractivity contribution in [2.75, 3.05) is 11.5 Å². The number of nitrogens with zero attached hydrogens (tertiary/aromatic N) is 1. The quantitative estimate of drug-likeness (QED) is 0.733. The van der Waals surface area contributed by atoms with Crippen LogP contribution in [0.3, 0.4) is 0 Å². The molecule has 0 radical (unpaired) electrons. The minimum absolute atomic E-state index is 0.0270. The number of nitrogens with one attached hydrogen (secondary N) is 3. The fourth-order valence-electron chi connectivity index (χ4n) is 2.26. The van der Waals surface area contributed by atoms with Crippen LogP contribution >= 0.6 is 11.8 Å². The summed E-state index contributed by atoms with van der Waals surface area (Å²) in [6.45, 7) is 6.40. The van der Waals surface area contributed by atoms with Crippen molar-refractivity contribution in [1.29, 1.82) is 0 Å². The minimum Gasteiger partial charge on any atom is -0.310 e. The fraction of sp³-hybridized carbons (Fsp3) is 0.769. The molecule has 0 bridgehead atoms. The van der Waals surface area contributed by atoms with E-state index in [2.05, 4.69) is 20.2 Å². The summed E-state index contributed by atoms with van der Waals surface area (Å²) in [7, 11) is -3.56. The third-order valence-corrected chi connectivity index (χ3v) is 6.06. The fourth-order valence-corrected chi connectivity index (χ4v) is 4.87. The van der Waals surface area contributed by atoms with Gasteiger partial charge in [0.2, 0.25) is 0 Å². The molecule has 1 aromatic rings. The van der Waals surface area contributed by atoms with Gasteiger partial charge in [-0.15, -0.1) is 0 Å². The van der Waals surface area contributed by atoms with Gasteiger partial charge in [-0.2, -0.15) is 16.9 Å². The summed E-state index contributed by atoms with van der Waals surface area (Å²) in [6.07, 6.45) is 1.76. The Labute approximate surface area is 130 Å². The van der Waals surface area contributed by atoms with Crippen molar-refractivity contribution in [2.24, 2.45) is 0 Å². The van der Waals surface area contributed by atoms with Crippen LogP contribution in [0.2, 0.25) is 0 Å². The number of aromatic amines is 1. The molecule has 3 N–H and O–H groups in total. The first-order chi connectivity index (χ1) is 9.90. The highest BCUT2D eigenvalue weighted by atomic mass is 32.2. The van der Waals surface area contributed by atoms with E-state index in [9.17, 15) is 8.42 Å². The molecule has 0 aromatic carbocycles. The Kier molecular flexibility index (Phi) is 5.70. The second-order valence-electron chi connectivity index (χ2n) is 5.68. The zero-order valence-electron chi connectivity index (χ0n) is 12.8. The molecule has 0 spiro atoms. The first-order valence-corrected chi connectivity index (χ1v) is 9.91. The van der Waals surface area contributed by atoms with Gasteiger partial charge in [0.1, 0.15) is 0 Å². The summed E-state index contributed by atoms with van der Waals surface area (Å²) in [5.74, 6) is 2.02. The van der Waals surface area contributed by atoms with E-state index in [0.29, 0.717) is 6.54 Å². The van der Waals surface area contributed by atoms with Crippen molar-refractivity contribution in [3.8, 4) is 0 Å². The largest absolute Gasteiger partial charge is 0.310 e. The molecular weight excluding hydrogens is 308 g/mol. The Morgan fingerprint density at radius 3 is 2.67 bits per heavy atom. The molecule has 1 aliphatic rings. The maximum Gasteiger partial charge on any atom is 0.260 e. The maximum absolute atomic E-state index is 12.6. The van der Waals surface area contributed by atoms with Crippen molar-refractivity contribution < 1.29 is 8.42 Å². The lowest BCUT2D eigenvalue weighted by atomic mass is 10.2. The van der Waals surface area contributed by atoms with Crippen LogP contribution in [0.4, 0.5) is 0 Å². The molecule has 1 saturated heterocycles. The van der Waals surface area contributed by atoms with E-state index in [-0.39, 0.29) is 17.1 Å². The smallest absolute Gasteiger partial charge is 0.260 e. The van der Waals surface area contributed by atoms with Gasteiger partial charge in [-0.3, -0.25) is 5.10 Å². The molecule has 1 aliphatic heterocycles. The topological polar surface area (TPSA) is 86.9 Å². The van der Waals surface area contributed by atoms with Gasteiger partial charge in [-0.05, 0) is 31.3 Å². The zero-order valence-corrected chi connectivity index (χ0v) is 14.4. The number of hydrogen-bond donors (Lipinski definition) is 3. The molecule has 120 valence electrons. The van der Waals surface area contributed by atoms with Gasteiger partial charge in [0, 0.05) is 29.9 Å². The molecule has 6 nitrogen and oxygen atoms in total. The second-order valence-corrected chi connectivity index (χ2v) is 8.53. The summed E-state index contributed by atoms with van der Waals surface area (Å²) in [5, 5.41) is 10.2. The van der Waals surface area contributed by atoms with Crippen molar-refractivity contribution in [3.63, 3.8) is 0 Å². The average Bonchev–Trinajstić information content (AvgIpc) is 2.79. The third-order valence-electron chi connectivity index (χ3n) is 3.52. The molecule has 2 rings (SSSR count). The van der Waals surface area contributed by atoms with Crippen molar-refractivity contribution in [3.05, 3.63) is 11.3 Å². The lowest BCUT2D eigenvalue weighted by Crippen LogP contribution is -2.38. The van der Waals surface area contributed by atoms with Crippen LogP contribution in [0.25, 0.3) is 0 Å². The molecule has 1 aromatic heterocycles. The van der Waals surface area contributed by atoms with E-state index < -0.39 is 10.0 Å². The lowest BCUT2D eigenvalue weighted by Gasteiger charge is -2.22. The first kappa shape index (κ1) is 16.8. The highest BCUT2D eigenvalue weighted by Gasteiger charge is 2.27. The Bertz CT molecular complexity index is 563. The summed E-state index contributed by atoms with van der Waals surface area (Å²) in [4.78, 5) is 0. The molecule has 8 heteroatoms.